The summed E-state index contributed by atoms with van der Waals surface area (Å²) < 4.78 is 4.97. The molecule has 0 aromatic carbocycles. The number of piperazine rings is 1. The van der Waals surface area contributed by atoms with Gasteiger partial charge in [0.05, 0.1) is 18.5 Å². The normalized spacial score (nSPS) is 15.5. The van der Waals surface area contributed by atoms with E-state index in [0.29, 0.717) is 25.6 Å². The standard InChI is InChI=1S/C20H31N5O2S/c1-14(2)11-16-13-28-20-18(16)19(22-15(3)23-20)25-8-6-24(7-9-25)12-17(26)21-5-10-27-4/h13-14H,5-12H2,1-4H3,(H,21,26). The van der Waals surface area contributed by atoms with E-state index in [9.17, 15) is 4.79 Å². The summed E-state index contributed by atoms with van der Waals surface area (Å²) in [6.07, 6.45) is 1.04. The van der Waals surface area contributed by atoms with E-state index >= 15 is 0 Å². The smallest absolute Gasteiger partial charge is 0.234 e. The molecule has 0 aliphatic carbocycles. The van der Waals surface area contributed by atoms with Gasteiger partial charge < -0.3 is 15.0 Å². The van der Waals surface area contributed by atoms with Crippen LogP contribution < -0.4 is 10.2 Å². The molecule has 8 heteroatoms. The molecule has 1 fully saturated rings. The minimum absolute atomic E-state index is 0.0582. The van der Waals surface area contributed by atoms with Crippen LogP contribution >= 0.6 is 11.3 Å². The topological polar surface area (TPSA) is 70.6 Å². The highest BCUT2D eigenvalue weighted by Gasteiger charge is 2.23. The SMILES string of the molecule is COCCNC(=O)CN1CCN(c2nc(C)nc3scc(CC(C)C)c23)CC1. The van der Waals surface area contributed by atoms with Crippen molar-refractivity contribution in [1.29, 1.82) is 0 Å². The van der Waals surface area contributed by atoms with E-state index in [2.05, 4.69) is 39.3 Å². The van der Waals surface area contributed by atoms with Crippen LogP contribution in [0.3, 0.4) is 0 Å². The van der Waals surface area contributed by atoms with Gasteiger partial charge in [0.25, 0.3) is 0 Å². The van der Waals surface area contributed by atoms with Crippen LogP contribution in [0.4, 0.5) is 5.82 Å². The Morgan fingerprint density at radius 1 is 1.29 bits per heavy atom. The van der Waals surface area contributed by atoms with Gasteiger partial charge >= 0.3 is 0 Å². The van der Waals surface area contributed by atoms with Gasteiger partial charge in [-0.15, -0.1) is 11.3 Å². The second-order valence-corrected chi connectivity index (χ2v) is 8.60. The fourth-order valence-corrected chi connectivity index (χ4v) is 4.57. The molecule has 0 saturated carbocycles. The molecule has 3 heterocycles. The molecular weight excluding hydrogens is 374 g/mol. The van der Waals surface area contributed by atoms with Crippen LogP contribution in [-0.4, -0.2) is 73.8 Å². The van der Waals surface area contributed by atoms with Crippen molar-refractivity contribution in [2.45, 2.75) is 27.2 Å². The molecule has 2 aromatic rings. The quantitative estimate of drug-likeness (QED) is 0.678. The van der Waals surface area contributed by atoms with Crippen molar-refractivity contribution in [2.75, 3.05) is 57.9 Å². The highest BCUT2D eigenvalue weighted by molar-refractivity contribution is 7.17. The molecule has 1 saturated heterocycles. The number of ether oxygens (including phenoxy) is 1. The number of hydrogen-bond acceptors (Lipinski definition) is 7. The number of methoxy groups -OCH3 is 1. The van der Waals surface area contributed by atoms with Crippen molar-refractivity contribution >= 4 is 33.3 Å². The first-order chi connectivity index (χ1) is 13.5. The summed E-state index contributed by atoms with van der Waals surface area (Å²) in [6.45, 7) is 11.4. The second kappa shape index (κ2) is 9.62. The minimum Gasteiger partial charge on any atom is -0.383 e. The van der Waals surface area contributed by atoms with Crippen LogP contribution in [0.1, 0.15) is 25.2 Å². The molecule has 0 bridgehead atoms. The molecule has 3 rings (SSSR count). The number of aromatic nitrogens is 2. The summed E-state index contributed by atoms with van der Waals surface area (Å²) in [7, 11) is 1.64. The summed E-state index contributed by atoms with van der Waals surface area (Å²) >= 11 is 1.72. The average molecular weight is 406 g/mol. The van der Waals surface area contributed by atoms with Gasteiger partial charge in [-0.1, -0.05) is 13.8 Å². The summed E-state index contributed by atoms with van der Waals surface area (Å²) in [5.41, 5.74) is 1.35. The predicted octanol–water partition coefficient (Wildman–Crippen LogP) is 2.08. The lowest BCUT2D eigenvalue weighted by Crippen LogP contribution is -2.50. The molecule has 154 valence electrons. The van der Waals surface area contributed by atoms with E-state index in [0.717, 1.165) is 49.1 Å². The maximum absolute atomic E-state index is 12.0. The Morgan fingerprint density at radius 3 is 2.71 bits per heavy atom. The maximum atomic E-state index is 12.0. The van der Waals surface area contributed by atoms with Crippen LogP contribution in [0.2, 0.25) is 0 Å². The number of carbonyl (C=O) groups excluding carboxylic acids is 1. The summed E-state index contributed by atoms with van der Waals surface area (Å²) in [6, 6.07) is 0. The number of rotatable bonds is 8. The van der Waals surface area contributed by atoms with Gasteiger partial charge in [-0.05, 0) is 30.2 Å². The zero-order chi connectivity index (χ0) is 20.1. The first-order valence-corrected chi connectivity index (χ1v) is 10.8. The highest BCUT2D eigenvalue weighted by atomic mass is 32.1. The van der Waals surface area contributed by atoms with Crippen LogP contribution in [0.25, 0.3) is 10.2 Å². The Balaban J connectivity index is 1.67. The number of hydrogen-bond donors (Lipinski definition) is 1. The Bertz CT molecular complexity index is 799. The van der Waals surface area contributed by atoms with E-state index in [4.69, 9.17) is 9.72 Å². The fourth-order valence-electron chi connectivity index (χ4n) is 3.57. The van der Waals surface area contributed by atoms with Crippen molar-refractivity contribution < 1.29 is 9.53 Å². The van der Waals surface area contributed by atoms with Crippen LogP contribution in [0, 0.1) is 12.8 Å². The predicted molar refractivity (Wildman–Crippen MR) is 114 cm³/mol. The van der Waals surface area contributed by atoms with Gasteiger partial charge in [0, 0.05) is 39.8 Å². The van der Waals surface area contributed by atoms with E-state index < -0.39 is 0 Å². The number of amides is 1. The Morgan fingerprint density at radius 2 is 2.04 bits per heavy atom. The third-order valence-corrected chi connectivity index (χ3v) is 5.82. The molecule has 0 radical (unpaired) electrons. The van der Waals surface area contributed by atoms with Gasteiger partial charge in [-0.2, -0.15) is 0 Å². The van der Waals surface area contributed by atoms with Gasteiger partial charge in [-0.3, -0.25) is 9.69 Å². The van der Waals surface area contributed by atoms with Gasteiger partial charge in [0.15, 0.2) is 0 Å². The molecule has 1 aliphatic rings. The summed E-state index contributed by atoms with van der Waals surface area (Å²) in [5, 5.41) is 6.35. The number of fused-ring (bicyclic) bond motifs is 1. The van der Waals surface area contributed by atoms with E-state index in [-0.39, 0.29) is 5.91 Å². The third-order valence-electron chi connectivity index (χ3n) is 4.90. The molecule has 0 spiro atoms. The van der Waals surface area contributed by atoms with Crippen molar-refractivity contribution in [3.05, 3.63) is 16.8 Å². The monoisotopic (exact) mass is 405 g/mol. The third kappa shape index (κ3) is 5.18. The van der Waals surface area contributed by atoms with Gasteiger partial charge in [-0.25, -0.2) is 9.97 Å². The number of aryl methyl sites for hydroxylation is 1. The van der Waals surface area contributed by atoms with Crippen molar-refractivity contribution in [3.8, 4) is 0 Å². The molecule has 1 amide bonds. The molecule has 1 N–H and O–H groups in total. The molecule has 0 atom stereocenters. The van der Waals surface area contributed by atoms with Gasteiger partial charge in [0.2, 0.25) is 5.91 Å². The zero-order valence-corrected chi connectivity index (χ0v) is 18.1. The number of thiophene rings is 1. The zero-order valence-electron chi connectivity index (χ0n) is 17.3. The fraction of sp³-hybridized carbons (Fsp3) is 0.650. The lowest BCUT2D eigenvalue weighted by atomic mass is 10.0. The minimum atomic E-state index is 0.0582. The molecule has 1 aliphatic heterocycles. The highest BCUT2D eigenvalue weighted by Crippen LogP contribution is 2.33. The number of nitrogens with zero attached hydrogens (tertiary/aromatic N) is 4. The van der Waals surface area contributed by atoms with E-state index in [1.807, 2.05) is 6.92 Å². The van der Waals surface area contributed by atoms with Crippen LogP contribution in [0.15, 0.2) is 5.38 Å². The van der Waals surface area contributed by atoms with Crippen LogP contribution in [-0.2, 0) is 16.0 Å². The van der Waals surface area contributed by atoms with Crippen molar-refractivity contribution in [2.24, 2.45) is 5.92 Å². The summed E-state index contributed by atoms with van der Waals surface area (Å²) in [5.74, 6) is 2.53. The van der Waals surface area contributed by atoms with Crippen molar-refractivity contribution in [1.82, 2.24) is 20.2 Å². The Hall–Kier alpha value is -1.77. The maximum Gasteiger partial charge on any atom is 0.234 e. The molecule has 0 unspecified atom stereocenters. The molecule has 2 aromatic heterocycles. The molecular formula is C20H31N5O2S. The molecule has 7 nitrogen and oxygen atoms in total. The summed E-state index contributed by atoms with van der Waals surface area (Å²) in [4.78, 5) is 27.1. The number of anilines is 1. The average Bonchev–Trinajstić information content (AvgIpc) is 3.04. The second-order valence-electron chi connectivity index (χ2n) is 7.74. The first-order valence-electron chi connectivity index (χ1n) is 9.95. The lowest BCUT2D eigenvalue weighted by molar-refractivity contribution is -0.122. The van der Waals surface area contributed by atoms with Gasteiger partial charge in [0.1, 0.15) is 16.5 Å². The Labute approximate surface area is 171 Å². The van der Waals surface area contributed by atoms with Crippen molar-refractivity contribution in [3.63, 3.8) is 0 Å². The van der Waals surface area contributed by atoms with E-state index in [1.54, 1.807) is 18.4 Å². The number of nitrogens with one attached hydrogen (secondary N) is 1. The Kier molecular flexibility index (Phi) is 7.20. The lowest BCUT2D eigenvalue weighted by Gasteiger charge is -2.35. The van der Waals surface area contributed by atoms with Crippen LogP contribution in [0.5, 0.6) is 0 Å². The molecule has 28 heavy (non-hydrogen) atoms. The largest absolute Gasteiger partial charge is 0.383 e. The van der Waals surface area contributed by atoms with E-state index in [1.165, 1.54) is 10.9 Å². The number of carbonyl (C=O) groups is 1. The first kappa shape index (κ1) is 21.0.